The van der Waals surface area contributed by atoms with Crippen molar-refractivity contribution in [2.24, 2.45) is 0 Å². The maximum absolute atomic E-state index is 12.7. The fraction of sp³-hybridized carbons (Fsp3) is 0.167. The predicted octanol–water partition coefficient (Wildman–Crippen LogP) is 3.24. The SMILES string of the molecule is O=S(CCc1cccs1)c1ccc(F)cc1. The lowest BCUT2D eigenvalue weighted by Crippen LogP contribution is -2.00. The van der Waals surface area contributed by atoms with Crippen LogP contribution in [0.3, 0.4) is 0 Å². The molecule has 0 spiro atoms. The summed E-state index contributed by atoms with van der Waals surface area (Å²) < 4.78 is 24.5. The van der Waals surface area contributed by atoms with Crippen molar-refractivity contribution in [2.75, 3.05) is 5.75 Å². The van der Waals surface area contributed by atoms with Crippen molar-refractivity contribution in [3.05, 3.63) is 52.5 Å². The highest BCUT2D eigenvalue weighted by Gasteiger charge is 2.04. The maximum atomic E-state index is 12.7. The van der Waals surface area contributed by atoms with Gasteiger partial charge < -0.3 is 0 Å². The highest BCUT2D eigenvalue weighted by atomic mass is 32.2. The lowest BCUT2D eigenvalue weighted by molar-refractivity contribution is 0.626. The van der Waals surface area contributed by atoms with Crippen LogP contribution >= 0.6 is 11.3 Å². The summed E-state index contributed by atoms with van der Waals surface area (Å²) in [6.45, 7) is 0. The van der Waals surface area contributed by atoms with Crippen LogP contribution in [-0.2, 0) is 17.2 Å². The Morgan fingerprint density at radius 1 is 1.19 bits per heavy atom. The monoisotopic (exact) mass is 254 g/mol. The summed E-state index contributed by atoms with van der Waals surface area (Å²) in [4.78, 5) is 1.92. The molecular weight excluding hydrogens is 243 g/mol. The van der Waals surface area contributed by atoms with Gasteiger partial charge in [0.05, 0.1) is 10.8 Å². The molecular formula is C12H11FOS2. The zero-order valence-electron chi connectivity index (χ0n) is 8.56. The third-order valence-electron chi connectivity index (χ3n) is 2.19. The largest absolute Gasteiger partial charge is 0.254 e. The first-order chi connectivity index (χ1) is 7.75. The Morgan fingerprint density at radius 2 is 1.94 bits per heavy atom. The van der Waals surface area contributed by atoms with E-state index >= 15 is 0 Å². The van der Waals surface area contributed by atoms with Gasteiger partial charge in [0.15, 0.2) is 0 Å². The summed E-state index contributed by atoms with van der Waals surface area (Å²) in [5.41, 5.74) is 0. The van der Waals surface area contributed by atoms with E-state index in [1.165, 1.54) is 17.0 Å². The van der Waals surface area contributed by atoms with Gasteiger partial charge in [0, 0.05) is 15.5 Å². The Balaban J connectivity index is 1.95. The summed E-state index contributed by atoms with van der Waals surface area (Å²) in [5, 5.41) is 2.01. The molecule has 84 valence electrons. The summed E-state index contributed by atoms with van der Waals surface area (Å²) in [5.74, 6) is 0.297. The van der Waals surface area contributed by atoms with E-state index in [-0.39, 0.29) is 5.82 Å². The van der Waals surface area contributed by atoms with Crippen molar-refractivity contribution in [1.82, 2.24) is 0 Å². The molecule has 2 rings (SSSR count). The zero-order valence-corrected chi connectivity index (χ0v) is 10.2. The molecule has 1 unspecified atom stereocenters. The second-order valence-corrected chi connectivity index (χ2v) is 5.94. The van der Waals surface area contributed by atoms with Gasteiger partial charge >= 0.3 is 0 Å². The van der Waals surface area contributed by atoms with Crippen LogP contribution in [0.4, 0.5) is 4.39 Å². The molecule has 4 heteroatoms. The Bertz CT molecular complexity index is 462. The maximum Gasteiger partial charge on any atom is 0.123 e. The normalized spacial score (nSPS) is 12.6. The fourth-order valence-electron chi connectivity index (χ4n) is 1.35. The topological polar surface area (TPSA) is 17.1 Å². The van der Waals surface area contributed by atoms with Crippen LogP contribution in [0.2, 0.25) is 0 Å². The Morgan fingerprint density at radius 3 is 2.56 bits per heavy atom. The quantitative estimate of drug-likeness (QED) is 0.818. The van der Waals surface area contributed by atoms with E-state index in [0.29, 0.717) is 10.6 Å². The van der Waals surface area contributed by atoms with E-state index in [1.54, 1.807) is 23.5 Å². The number of rotatable bonds is 4. The van der Waals surface area contributed by atoms with Crippen LogP contribution in [0.25, 0.3) is 0 Å². The van der Waals surface area contributed by atoms with Crippen molar-refractivity contribution < 1.29 is 8.60 Å². The van der Waals surface area contributed by atoms with Crippen molar-refractivity contribution in [3.8, 4) is 0 Å². The van der Waals surface area contributed by atoms with E-state index in [2.05, 4.69) is 0 Å². The summed E-state index contributed by atoms with van der Waals surface area (Å²) >= 11 is 1.67. The Hall–Kier alpha value is -1.00. The van der Waals surface area contributed by atoms with Crippen LogP contribution in [0.15, 0.2) is 46.7 Å². The number of hydrogen-bond donors (Lipinski definition) is 0. The van der Waals surface area contributed by atoms with Gasteiger partial charge in [-0.2, -0.15) is 0 Å². The Kier molecular flexibility index (Phi) is 3.85. The molecule has 0 N–H and O–H groups in total. The van der Waals surface area contributed by atoms with Gasteiger partial charge in [0.1, 0.15) is 5.82 Å². The number of halogens is 1. The predicted molar refractivity (Wildman–Crippen MR) is 65.7 cm³/mol. The average Bonchev–Trinajstić information content (AvgIpc) is 2.80. The second kappa shape index (κ2) is 5.37. The van der Waals surface area contributed by atoms with Crippen LogP contribution in [0.5, 0.6) is 0 Å². The van der Waals surface area contributed by atoms with E-state index < -0.39 is 10.8 Å². The van der Waals surface area contributed by atoms with Crippen LogP contribution in [-0.4, -0.2) is 9.96 Å². The summed E-state index contributed by atoms with van der Waals surface area (Å²) in [6.07, 6.45) is 0.807. The minimum absolute atomic E-state index is 0.293. The highest BCUT2D eigenvalue weighted by molar-refractivity contribution is 7.85. The van der Waals surface area contributed by atoms with E-state index in [1.807, 2.05) is 17.5 Å². The molecule has 1 aromatic heterocycles. The van der Waals surface area contributed by atoms with Gasteiger partial charge in [-0.25, -0.2) is 4.39 Å². The van der Waals surface area contributed by atoms with Gasteiger partial charge in [0.2, 0.25) is 0 Å². The zero-order chi connectivity index (χ0) is 11.4. The van der Waals surface area contributed by atoms with Gasteiger partial charge in [-0.1, -0.05) is 6.07 Å². The van der Waals surface area contributed by atoms with E-state index in [0.717, 1.165) is 6.42 Å². The smallest absolute Gasteiger partial charge is 0.123 e. The number of benzene rings is 1. The van der Waals surface area contributed by atoms with E-state index in [9.17, 15) is 8.60 Å². The first kappa shape index (κ1) is 11.5. The fourth-order valence-corrected chi connectivity index (χ4v) is 3.27. The van der Waals surface area contributed by atoms with Crippen LogP contribution in [0, 0.1) is 5.82 Å². The summed E-state index contributed by atoms with van der Waals surface area (Å²) in [6, 6.07) is 9.88. The molecule has 1 aromatic carbocycles. The van der Waals surface area contributed by atoms with Crippen LogP contribution in [0.1, 0.15) is 4.88 Å². The van der Waals surface area contributed by atoms with Crippen LogP contribution < -0.4 is 0 Å². The minimum Gasteiger partial charge on any atom is -0.254 e. The highest BCUT2D eigenvalue weighted by Crippen LogP contribution is 2.13. The van der Waals surface area contributed by atoms with Crippen molar-refractivity contribution in [3.63, 3.8) is 0 Å². The molecule has 0 saturated carbocycles. The molecule has 1 nitrogen and oxygen atoms in total. The van der Waals surface area contributed by atoms with Crippen molar-refractivity contribution in [1.29, 1.82) is 0 Å². The third-order valence-corrected chi connectivity index (χ3v) is 4.50. The standard InChI is InChI=1S/C12H11FOS2/c13-10-3-5-12(6-4-10)16(14)9-7-11-2-1-8-15-11/h1-6,8H,7,9H2. The first-order valence-electron chi connectivity index (χ1n) is 4.92. The van der Waals surface area contributed by atoms with Gasteiger partial charge in [0.25, 0.3) is 0 Å². The molecule has 0 radical (unpaired) electrons. The molecule has 0 amide bonds. The summed E-state index contributed by atoms with van der Waals surface area (Å²) in [7, 11) is -1.04. The van der Waals surface area contributed by atoms with Crippen molar-refractivity contribution >= 4 is 22.1 Å². The molecule has 0 fully saturated rings. The van der Waals surface area contributed by atoms with E-state index in [4.69, 9.17) is 0 Å². The molecule has 0 aliphatic carbocycles. The molecule has 1 heterocycles. The van der Waals surface area contributed by atoms with Gasteiger partial charge in [-0.3, -0.25) is 4.21 Å². The number of thiophene rings is 1. The van der Waals surface area contributed by atoms with Gasteiger partial charge in [-0.05, 0) is 42.1 Å². The lowest BCUT2D eigenvalue weighted by Gasteiger charge is -2.00. The third kappa shape index (κ3) is 3.00. The molecule has 0 aliphatic heterocycles. The Labute approximate surface area is 100 Å². The molecule has 2 aromatic rings. The molecule has 16 heavy (non-hydrogen) atoms. The second-order valence-electron chi connectivity index (χ2n) is 3.33. The van der Waals surface area contributed by atoms with Crippen molar-refractivity contribution in [2.45, 2.75) is 11.3 Å². The van der Waals surface area contributed by atoms with Gasteiger partial charge in [-0.15, -0.1) is 11.3 Å². The first-order valence-corrected chi connectivity index (χ1v) is 7.12. The number of hydrogen-bond acceptors (Lipinski definition) is 2. The molecule has 1 atom stereocenters. The molecule has 0 saturated heterocycles. The lowest BCUT2D eigenvalue weighted by atomic mass is 10.3. The molecule has 0 aliphatic rings. The minimum atomic E-state index is -1.04. The number of aryl methyl sites for hydroxylation is 1. The average molecular weight is 254 g/mol. The molecule has 0 bridgehead atoms.